The highest BCUT2D eigenvalue weighted by Crippen LogP contribution is 1.95. The summed E-state index contributed by atoms with van der Waals surface area (Å²) >= 11 is 4.94. The second-order valence-corrected chi connectivity index (χ2v) is 3.07. The number of hydrogen-bond donors (Lipinski definition) is 2. The summed E-state index contributed by atoms with van der Waals surface area (Å²) < 4.78 is 0. The summed E-state index contributed by atoms with van der Waals surface area (Å²) in [5.74, 6) is 5.18. The fraction of sp³-hybridized carbons (Fsp3) is 0.125. The van der Waals surface area contributed by atoms with Gasteiger partial charge < -0.3 is 5.43 Å². The van der Waals surface area contributed by atoms with Crippen molar-refractivity contribution in [1.82, 2.24) is 5.43 Å². The first-order chi connectivity index (χ1) is 6.31. The summed E-state index contributed by atoms with van der Waals surface area (Å²) in [7, 11) is 0. The van der Waals surface area contributed by atoms with Crippen molar-refractivity contribution in [2.45, 2.75) is 6.17 Å². The van der Waals surface area contributed by atoms with E-state index in [0.29, 0.717) is 4.99 Å². The van der Waals surface area contributed by atoms with E-state index >= 15 is 0 Å². The van der Waals surface area contributed by atoms with E-state index in [-0.39, 0.29) is 6.17 Å². The van der Waals surface area contributed by atoms with Gasteiger partial charge in [0.1, 0.15) is 4.99 Å². The fourth-order valence-electron chi connectivity index (χ4n) is 1.17. The molecule has 0 spiro atoms. The molecule has 0 unspecified atom stereocenters. The summed E-state index contributed by atoms with van der Waals surface area (Å²) in [6.45, 7) is 0. The third-order valence-electron chi connectivity index (χ3n) is 1.78. The van der Waals surface area contributed by atoms with Crippen LogP contribution in [-0.4, -0.2) is 11.2 Å². The van der Waals surface area contributed by atoms with Crippen molar-refractivity contribution < 1.29 is 0 Å². The van der Waals surface area contributed by atoms with Gasteiger partial charge in [0.15, 0.2) is 6.17 Å². The number of nitrogens with one attached hydrogen (secondary N) is 1. The minimum absolute atomic E-state index is 0.350. The Balaban J connectivity index is 2.46. The van der Waals surface area contributed by atoms with Crippen molar-refractivity contribution in [3.8, 4) is 0 Å². The number of hydrogen-bond acceptors (Lipinski definition) is 4. The highest BCUT2D eigenvalue weighted by atomic mass is 32.1. The molecule has 4 nitrogen and oxygen atoms in total. The molecule has 1 heterocycles. The van der Waals surface area contributed by atoms with Gasteiger partial charge in [0.05, 0.1) is 10.7 Å². The molecule has 0 saturated carbocycles. The SMILES string of the molecule is NNC(=S)C1N=c2ccccc2=N1. The third-order valence-corrected chi connectivity index (χ3v) is 2.11. The van der Waals surface area contributed by atoms with Gasteiger partial charge in [0.25, 0.3) is 0 Å². The van der Waals surface area contributed by atoms with E-state index in [9.17, 15) is 0 Å². The topological polar surface area (TPSA) is 62.8 Å². The number of benzene rings is 1. The molecule has 1 aliphatic rings. The predicted molar refractivity (Wildman–Crippen MR) is 52.5 cm³/mol. The highest BCUT2D eigenvalue weighted by molar-refractivity contribution is 7.80. The summed E-state index contributed by atoms with van der Waals surface area (Å²) in [6, 6.07) is 7.63. The van der Waals surface area contributed by atoms with Gasteiger partial charge in [-0.1, -0.05) is 24.4 Å². The molecule has 1 aromatic rings. The van der Waals surface area contributed by atoms with Gasteiger partial charge in [-0.25, -0.2) is 15.8 Å². The van der Waals surface area contributed by atoms with Crippen molar-refractivity contribution in [2.75, 3.05) is 0 Å². The van der Waals surface area contributed by atoms with Gasteiger partial charge in [0, 0.05) is 0 Å². The maximum absolute atomic E-state index is 5.18. The molecule has 2 rings (SSSR count). The van der Waals surface area contributed by atoms with Crippen LogP contribution < -0.4 is 22.0 Å². The summed E-state index contributed by atoms with van der Waals surface area (Å²) in [4.78, 5) is 8.98. The van der Waals surface area contributed by atoms with Crippen LogP contribution >= 0.6 is 12.2 Å². The smallest absolute Gasteiger partial charge is 0.192 e. The van der Waals surface area contributed by atoms with E-state index < -0.39 is 0 Å². The molecule has 0 saturated heterocycles. The van der Waals surface area contributed by atoms with Crippen molar-refractivity contribution >= 4 is 17.2 Å². The van der Waals surface area contributed by atoms with Crippen LogP contribution in [0.1, 0.15) is 0 Å². The average molecular weight is 192 g/mol. The zero-order valence-electron chi connectivity index (χ0n) is 6.77. The van der Waals surface area contributed by atoms with Gasteiger partial charge in [-0.05, 0) is 12.1 Å². The number of nitrogens with two attached hydrogens (primary N) is 1. The number of hydrazine groups is 1. The Bertz CT molecular complexity index is 418. The first-order valence-electron chi connectivity index (χ1n) is 3.82. The minimum Gasteiger partial charge on any atom is -0.315 e. The van der Waals surface area contributed by atoms with Crippen LogP contribution in [0.15, 0.2) is 34.3 Å². The molecule has 5 heteroatoms. The summed E-state index contributed by atoms with van der Waals surface area (Å²) in [5, 5.41) is 1.73. The van der Waals surface area contributed by atoms with E-state index in [1.807, 2.05) is 24.3 Å². The van der Waals surface area contributed by atoms with Crippen molar-refractivity contribution in [3.05, 3.63) is 35.0 Å². The van der Waals surface area contributed by atoms with E-state index in [0.717, 1.165) is 10.7 Å². The Labute approximate surface area is 80.2 Å². The van der Waals surface area contributed by atoms with E-state index in [4.69, 9.17) is 18.1 Å². The second-order valence-electron chi connectivity index (χ2n) is 2.63. The van der Waals surface area contributed by atoms with Crippen molar-refractivity contribution in [2.24, 2.45) is 15.8 Å². The van der Waals surface area contributed by atoms with Gasteiger partial charge in [-0.3, -0.25) is 0 Å². The van der Waals surface area contributed by atoms with Crippen LogP contribution in [-0.2, 0) is 0 Å². The van der Waals surface area contributed by atoms with E-state index in [1.54, 1.807) is 0 Å². The first kappa shape index (κ1) is 8.28. The molecule has 13 heavy (non-hydrogen) atoms. The van der Waals surface area contributed by atoms with Crippen molar-refractivity contribution in [3.63, 3.8) is 0 Å². The molecule has 66 valence electrons. The maximum atomic E-state index is 5.18. The first-order valence-corrected chi connectivity index (χ1v) is 4.23. The molecule has 3 N–H and O–H groups in total. The largest absolute Gasteiger partial charge is 0.315 e. The number of thiocarbonyl (C=S) groups is 1. The van der Waals surface area contributed by atoms with Gasteiger partial charge >= 0.3 is 0 Å². The second kappa shape index (κ2) is 3.20. The Morgan fingerprint density at radius 2 is 1.85 bits per heavy atom. The molecule has 0 amide bonds. The molecule has 1 aromatic carbocycles. The van der Waals surface area contributed by atoms with Crippen molar-refractivity contribution in [1.29, 1.82) is 0 Å². The lowest BCUT2D eigenvalue weighted by Gasteiger charge is -2.03. The standard InChI is InChI=1S/C8H8N4S/c9-12-8(13)7-10-5-3-1-2-4-6(5)11-7/h1-4,7H,9H2,(H,12,13). The molecule has 0 bridgehead atoms. The normalized spacial score (nSPS) is 14.2. The lowest BCUT2D eigenvalue weighted by Crippen LogP contribution is -2.35. The average Bonchev–Trinajstić information content (AvgIpc) is 2.59. The lowest BCUT2D eigenvalue weighted by atomic mass is 10.3. The Hall–Kier alpha value is -1.33. The summed E-state index contributed by atoms with van der Waals surface area (Å²) in [6.07, 6.45) is -0.350. The van der Waals surface area contributed by atoms with Crippen LogP contribution in [0.25, 0.3) is 0 Å². The van der Waals surface area contributed by atoms with Gasteiger partial charge in [0.2, 0.25) is 0 Å². The molecule has 0 aliphatic carbocycles. The van der Waals surface area contributed by atoms with E-state index in [2.05, 4.69) is 15.4 Å². The lowest BCUT2D eigenvalue weighted by molar-refractivity contribution is 0.866. The molecular formula is C8H8N4S. The van der Waals surface area contributed by atoms with Gasteiger partial charge in [-0.15, -0.1) is 0 Å². The molecular weight excluding hydrogens is 184 g/mol. The predicted octanol–water partition coefficient (Wildman–Crippen LogP) is -0.944. The highest BCUT2D eigenvalue weighted by Gasteiger charge is 2.13. The zero-order chi connectivity index (χ0) is 9.26. The van der Waals surface area contributed by atoms with E-state index in [1.165, 1.54) is 0 Å². The van der Waals surface area contributed by atoms with Crippen LogP contribution in [0.2, 0.25) is 0 Å². The van der Waals surface area contributed by atoms with Crippen LogP contribution in [0, 0.1) is 0 Å². The Kier molecular flexibility index (Phi) is 2.03. The number of rotatable bonds is 1. The molecule has 0 fully saturated rings. The van der Waals surface area contributed by atoms with Crippen LogP contribution in [0.3, 0.4) is 0 Å². The van der Waals surface area contributed by atoms with Gasteiger partial charge in [-0.2, -0.15) is 0 Å². The number of fused-ring (bicyclic) bond motifs is 1. The Morgan fingerprint density at radius 1 is 1.31 bits per heavy atom. The number of para-hydroxylation sites is 2. The summed E-state index contributed by atoms with van der Waals surface area (Å²) in [5.41, 5.74) is 2.39. The fourth-order valence-corrected chi connectivity index (χ4v) is 1.27. The monoisotopic (exact) mass is 192 g/mol. The number of nitrogens with zero attached hydrogens (tertiary/aromatic N) is 2. The quantitative estimate of drug-likeness (QED) is 0.343. The maximum Gasteiger partial charge on any atom is 0.192 e. The molecule has 1 aliphatic heterocycles. The third kappa shape index (κ3) is 1.43. The van der Waals surface area contributed by atoms with Crippen LogP contribution in [0.4, 0.5) is 0 Å². The molecule has 0 aromatic heterocycles. The zero-order valence-corrected chi connectivity index (χ0v) is 7.58. The Morgan fingerprint density at radius 3 is 2.31 bits per heavy atom. The molecule has 0 atom stereocenters. The molecule has 0 radical (unpaired) electrons. The minimum atomic E-state index is -0.350. The van der Waals surface area contributed by atoms with Crippen LogP contribution in [0.5, 0.6) is 0 Å².